The lowest BCUT2D eigenvalue weighted by Crippen LogP contribution is -2.53. The zero-order chi connectivity index (χ0) is 26.3. The summed E-state index contributed by atoms with van der Waals surface area (Å²) in [4.78, 5) is 50.7. The zero-order valence-corrected chi connectivity index (χ0v) is 22.0. The number of nitrogens with one attached hydrogen (secondary N) is 1. The molecule has 1 aliphatic carbocycles. The maximum absolute atomic E-state index is 12.9. The first kappa shape index (κ1) is 25.1. The molecule has 5 rings (SSSR count). The van der Waals surface area contributed by atoms with Gasteiger partial charge in [0, 0.05) is 45.5 Å². The smallest absolute Gasteiger partial charge is 0.327 e. The molecule has 198 valence electrons. The molecule has 37 heavy (non-hydrogen) atoms. The van der Waals surface area contributed by atoms with Gasteiger partial charge in [0.15, 0.2) is 0 Å². The van der Waals surface area contributed by atoms with E-state index in [2.05, 4.69) is 43.7 Å². The molecule has 3 aliphatic rings. The quantitative estimate of drug-likeness (QED) is 0.538. The molecule has 2 aromatic heterocycles. The normalized spacial score (nSPS) is 23.5. The Hall–Kier alpha value is -3.54. The van der Waals surface area contributed by atoms with Crippen LogP contribution in [0.5, 0.6) is 0 Å². The summed E-state index contributed by atoms with van der Waals surface area (Å²) in [6, 6.07) is 0.0305. The zero-order valence-electron chi connectivity index (χ0n) is 22.0. The van der Waals surface area contributed by atoms with Crippen molar-refractivity contribution in [2.24, 2.45) is 5.92 Å². The second kappa shape index (κ2) is 10.1. The Labute approximate surface area is 217 Å². The molecule has 0 spiro atoms. The van der Waals surface area contributed by atoms with Gasteiger partial charge in [-0.2, -0.15) is 15.0 Å². The summed E-state index contributed by atoms with van der Waals surface area (Å²) in [5, 5.41) is 3.34. The second-order valence-corrected chi connectivity index (χ2v) is 10.4. The largest absolute Gasteiger partial charge is 0.346 e. The van der Waals surface area contributed by atoms with E-state index in [4.69, 9.17) is 0 Å². The molecule has 1 unspecified atom stereocenters. The standard InChI is InChI=1S/C25H36N10O2/c1-6-22(36)34-10-9-32(11-16(34)2)15-33-12-20(26-14-33)17(3)27-23-28-18(4)29-24(30-23)35-21(19-7-8-19)13-31(5)25(35)37/h6,12,14,16-17,19,21H,1,7-11,13,15H2,2-5H3,(H,27,28,29,30)/t16-,17-,21?/m0/s1. The van der Waals surface area contributed by atoms with Crippen LogP contribution in [0.4, 0.5) is 16.7 Å². The molecule has 3 atom stereocenters. The number of anilines is 2. The van der Waals surface area contributed by atoms with Crippen LogP contribution in [0.3, 0.4) is 0 Å². The topological polar surface area (TPSA) is 116 Å². The number of carbonyl (C=O) groups is 2. The van der Waals surface area contributed by atoms with Crippen LogP contribution in [0.25, 0.3) is 0 Å². The Bertz CT molecular complexity index is 1180. The number of rotatable bonds is 8. The Morgan fingerprint density at radius 2 is 2.03 bits per heavy atom. The number of aryl methyl sites for hydroxylation is 1. The van der Waals surface area contributed by atoms with Crippen molar-refractivity contribution in [3.63, 3.8) is 0 Å². The molecule has 1 saturated carbocycles. The lowest BCUT2D eigenvalue weighted by Gasteiger charge is -2.39. The van der Waals surface area contributed by atoms with Gasteiger partial charge >= 0.3 is 6.03 Å². The highest BCUT2D eigenvalue weighted by molar-refractivity contribution is 5.93. The van der Waals surface area contributed by atoms with Gasteiger partial charge in [0.05, 0.1) is 30.8 Å². The fourth-order valence-corrected chi connectivity index (χ4v) is 5.26. The SMILES string of the molecule is C=CC(=O)N1CCN(Cn2cnc([C@H](C)Nc3nc(C)nc(N4C(=O)N(C)CC4C4CC4)n3)c2)C[C@@H]1C. The number of piperazine rings is 1. The molecular formula is C25H36N10O2. The van der Waals surface area contributed by atoms with Gasteiger partial charge in [0.2, 0.25) is 17.8 Å². The summed E-state index contributed by atoms with van der Waals surface area (Å²) in [6.07, 6.45) is 7.49. The van der Waals surface area contributed by atoms with Gasteiger partial charge in [-0.1, -0.05) is 6.58 Å². The van der Waals surface area contributed by atoms with E-state index in [9.17, 15) is 9.59 Å². The summed E-state index contributed by atoms with van der Waals surface area (Å²) in [5.41, 5.74) is 0.862. The van der Waals surface area contributed by atoms with Gasteiger partial charge in [0.1, 0.15) is 5.82 Å². The maximum atomic E-state index is 12.9. The third kappa shape index (κ3) is 5.29. The van der Waals surface area contributed by atoms with Gasteiger partial charge in [-0.25, -0.2) is 9.78 Å². The number of urea groups is 1. The third-order valence-electron chi connectivity index (χ3n) is 7.42. The van der Waals surface area contributed by atoms with Crippen LogP contribution in [0.15, 0.2) is 25.2 Å². The van der Waals surface area contributed by atoms with Gasteiger partial charge in [-0.15, -0.1) is 0 Å². The van der Waals surface area contributed by atoms with E-state index in [1.807, 2.05) is 42.9 Å². The van der Waals surface area contributed by atoms with Crippen LogP contribution in [-0.4, -0.2) is 96.5 Å². The first-order valence-electron chi connectivity index (χ1n) is 12.9. The Balaban J connectivity index is 1.23. The molecule has 2 aromatic rings. The lowest BCUT2D eigenvalue weighted by atomic mass is 10.2. The maximum Gasteiger partial charge on any atom is 0.327 e. The lowest BCUT2D eigenvalue weighted by molar-refractivity contribution is -0.130. The Kier molecular flexibility index (Phi) is 6.84. The van der Waals surface area contributed by atoms with Crippen molar-refractivity contribution in [3.8, 4) is 0 Å². The Morgan fingerprint density at radius 3 is 2.73 bits per heavy atom. The molecule has 3 fully saturated rings. The highest BCUT2D eigenvalue weighted by Gasteiger charge is 2.46. The van der Waals surface area contributed by atoms with Crippen molar-refractivity contribution in [2.45, 2.75) is 58.4 Å². The van der Waals surface area contributed by atoms with E-state index in [0.29, 0.717) is 43.4 Å². The van der Waals surface area contributed by atoms with Gasteiger partial charge < -0.3 is 19.7 Å². The molecule has 12 heteroatoms. The molecular weight excluding hydrogens is 472 g/mol. The highest BCUT2D eigenvalue weighted by atomic mass is 16.2. The summed E-state index contributed by atoms with van der Waals surface area (Å²) in [6.45, 7) is 13.2. The van der Waals surface area contributed by atoms with Crippen molar-refractivity contribution < 1.29 is 9.59 Å². The molecule has 3 amide bonds. The minimum atomic E-state index is -0.145. The van der Waals surface area contributed by atoms with Crippen molar-refractivity contribution in [3.05, 3.63) is 36.7 Å². The van der Waals surface area contributed by atoms with Crippen molar-refractivity contribution in [1.29, 1.82) is 0 Å². The summed E-state index contributed by atoms with van der Waals surface area (Å²) >= 11 is 0. The van der Waals surface area contributed by atoms with Crippen LogP contribution in [0, 0.1) is 12.8 Å². The van der Waals surface area contributed by atoms with Crippen LogP contribution in [0.1, 0.15) is 44.2 Å². The molecule has 2 aliphatic heterocycles. The van der Waals surface area contributed by atoms with Crippen molar-refractivity contribution >= 4 is 23.8 Å². The van der Waals surface area contributed by atoms with Crippen LogP contribution >= 0.6 is 0 Å². The molecule has 0 bridgehead atoms. The minimum absolute atomic E-state index is 0.0159. The van der Waals surface area contributed by atoms with Crippen molar-refractivity contribution in [2.75, 3.05) is 43.4 Å². The van der Waals surface area contributed by atoms with Crippen LogP contribution < -0.4 is 10.2 Å². The fraction of sp³-hybridized carbons (Fsp3) is 0.600. The summed E-state index contributed by atoms with van der Waals surface area (Å²) in [5.74, 6) is 1.89. The predicted molar refractivity (Wildman–Crippen MR) is 139 cm³/mol. The molecule has 1 N–H and O–H groups in total. The van der Waals surface area contributed by atoms with E-state index in [-0.39, 0.29) is 30.1 Å². The number of carbonyl (C=O) groups excluding carboxylic acids is 2. The van der Waals surface area contributed by atoms with E-state index in [1.165, 1.54) is 6.08 Å². The number of imidazole rings is 1. The van der Waals surface area contributed by atoms with Crippen molar-refractivity contribution in [1.82, 2.24) is 39.2 Å². The number of nitrogens with zero attached hydrogens (tertiary/aromatic N) is 9. The van der Waals surface area contributed by atoms with E-state index in [0.717, 1.165) is 31.6 Å². The minimum Gasteiger partial charge on any atom is -0.346 e. The molecule has 0 aromatic carbocycles. The Morgan fingerprint density at radius 1 is 1.24 bits per heavy atom. The van der Waals surface area contributed by atoms with Gasteiger partial charge in [-0.3, -0.25) is 14.6 Å². The second-order valence-electron chi connectivity index (χ2n) is 10.4. The summed E-state index contributed by atoms with van der Waals surface area (Å²) in [7, 11) is 1.82. The van der Waals surface area contributed by atoms with E-state index < -0.39 is 0 Å². The average molecular weight is 509 g/mol. The number of hydrogen-bond donors (Lipinski definition) is 1. The molecule has 0 radical (unpaired) electrons. The summed E-state index contributed by atoms with van der Waals surface area (Å²) < 4.78 is 2.05. The van der Waals surface area contributed by atoms with Crippen LogP contribution in [-0.2, 0) is 11.5 Å². The number of aromatic nitrogens is 5. The van der Waals surface area contributed by atoms with Gasteiger partial charge in [-0.05, 0) is 45.6 Å². The average Bonchev–Trinajstić information content (AvgIpc) is 3.52. The van der Waals surface area contributed by atoms with Crippen LogP contribution in [0.2, 0.25) is 0 Å². The first-order chi connectivity index (χ1) is 17.7. The van der Waals surface area contributed by atoms with Gasteiger partial charge in [0.25, 0.3) is 0 Å². The van der Waals surface area contributed by atoms with E-state index in [1.54, 1.807) is 9.80 Å². The molecule has 2 saturated heterocycles. The number of hydrogen-bond acceptors (Lipinski definition) is 8. The highest BCUT2D eigenvalue weighted by Crippen LogP contribution is 2.39. The molecule has 4 heterocycles. The predicted octanol–water partition coefficient (Wildman–Crippen LogP) is 1.88. The number of amides is 3. The fourth-order valence-electron chi connectivity index (χ4n) is 5.26. The van der Waals surface area contributed by atoms with E-state index >= 15 is 0 Å². The monoisotopic (exact) mass is 508 g/mol. The number of likely N-dealkylation sites (N-methyl/N-ethyl adjacent to an activating group) is 1. The molecule has 12 nitrogen and oxygen atoms in total. The first-order valence-corrected chi connectivity index (χ1v) is 12.9. The third-order valence-corrected chi connectivity index (χ3v) is 7.42.